The fourth-order valence-electron chi connectivity index (χ4n) is 2.24. The molecule has 0 saturated heterocycles. The topological polar surface area (TPSA) is 41.1 Å². The number of rotatable bonds is 5. The van der Waals surface area contributed by atoms with Crippen LogP contribution >= 0.6 is 23.2 Å². The fraction of sp³-hybridized carbons (Fsp3) is 0.235. The standard InChI is InChI=1S/C17H18Cl2N2O/c1-3-17(15-9-4-12(18)10-16(15)19)21-14-7-5-13(6-8-14)20-11(2)22/h4-10,17,21H,3H2,1-2H3,(H,20,22). The molecule has 1 amide bonds. The molecule has 0 aliphatic heterocycles. The first-order chi connectivity index (χ1) is 10.5. The molecule has 0 saturated carbocycles. The summed E-state index contributed by atoms with van der Waals surface area (Å²) in [6.45, 7) is 3.58. The van der Waals surface area contributed by atoms with Crippen LogP contribution in [0.2, 0.25) is 10.0 Å². The van der Waals surface area contributed by atoms with Crippen molar-refractivity contribution in [3.63, 3.8) is 0 Å². The van der Waals surface area contributed by atoms with Gasteiger partial charge < -0.3 is 10.6 Å². The average molecular weight is 337 g/mol. The molecule has 2 aromatic carbocycles. The quantitative estimate of drug-likeness (QED) is 0.755. The van der Waals surface area contributed by atoms with Crippen LogP contribution in [0.15, 0.2) is 42.5 Å². The van der Waals surface area contributed by atoms with E-state index in [2.05, 4.69) is 17.6 Å². The molecule has 116 valence electrons. The zero-order valence-electron chi connectivity index (χ0n) is 12.5. The van der Waals surface area contributed by atoms with Crippen molar-refractivity contribution >= 4 is 40.5 Å². The van der Waals surface area contributed by atoms with Gasteiger partial charge in [-0.1, -0.05) is 36.2 Å². The molecule has 2 N–H and O–H groups in total. The monoisotopic (exact) mass is 336 g/mol. The molecule has 2 rings (SSSR count). The van der Waals surface area contributed by atoms with Gasteiger partial charge in [-0.05, 0) is 48.4 Å². The summed E-state index contributed by atoms with van der Waals surface area (Å²) in [6.07, 6.45) is 0.884. The Morgan fingerprint density at radius 1 is 1.09 bits per heavy atom. The molecular formula is C17H18Cl2N2O. The second-order valence-corrected chi connectivity index (χ2v) is 5.87. The Bertz CT molecular complexity index is 656. The highest BCUT2D eigenvalue weighted by Crippen LogP contribution is 2.30. The summed E-state index contributed by atoms with van der Waals surface area (Å²) in [5.74, 6) is -0.0833. The number of hydrogen-bond acceptors (Lipinski definition) is 2. The van der Waals surface area contributed by atoms with Crippen LogP contribution in [0.25, 0.3) is 0 Å². The van der Waals surface area contributed by atoms with Gasteiger partial charge in [-0.25, -0.2) is 0 Å². The Kier molecular flexibility index (Phi) is 5.69. The maximum Gasteiger partial charge on any atom is 0.221 e. The van der Waals surface area contributed by atoms with Crippen LogP contribution in [0.1, 0.15) is 31.9 Å². The molecule has 0 aromatic heterocycles. The molecule has 0 spiro atoms. The van der Waals surface area contributed by atoms with Gasteiger partial charge in [0.25, 0.3) is 0 Å². The summed E-state index contributed by atoms with van der Waals surface area (Å²) >= 11 is 12.2. The van der Waals surface area contributed by atoms with Crippen molar-refractivity contribution < 1.29 is 4.79 Å². The minimum atomic E-state index is -0.0833. The SMILES string of the molecule is CCC(Nc1ccc(NC(C)=O)cc1)c1ccc(Cl)cc1Cl. The van der Waals surface area contributed by atoms with E-state index in [0.29, 0.717) is 10.0 Å². The van der Waals surface area contributed by atoms with Crippen LogP contribution < -0.4 is 10.6 Å². The highest BCUT2D eigenvalue weighted by Gasteiger charge is 2.13. The number of hydrogen-bond donors (Lipinski definition) is 2. The van der Waals surface area contributed by atoms with E-state index in [4.69, 9.17) is 23.2 Å². The summed E-state index contributed by atoms with van der Waals surface area (Å²) < 4.78 is 0. The molecule has 5 heteroatoms. The predicted molar refractivity (Wildman–Crippen MR) is 93.9 cm³/mol. The van der Waals surface area contributed by atoms with E-state index < -0.39 is 0 Å². The molecule has 0 fully saturated rings. The lowest BCUT2D eigenvalue weighted by Crippen LogP contribution is -2.10. The maximum atomic E-state index is 11.0. The first-order valence-electron chi connectivity index (χ1n) is 7.08. The summed E-state index contributed by atoms with van der Waals surface area (Å²) in [5, 5.41) is 7.47. The number of amides is 1. The third-order valence-electron chi connectivity index (χ3n) is 3.29. The minimum absolute atomic E-state index is 0.0833. The van der Waals surface area contributed by atoms with Crippen molar-refractivity contribution in [1.82, 2.24) is 0 Å². The normalized spacial score (nSPS) is 11.8. The third kappa shape index (κ3) is 4.39. The Labute approximate surface area is 140 Å². The van der Waals surface area contributed by atoms with E-state index in [-0.39, 0.29) is 11.9 Å². The van der Waals surface area contributed by atoms with Gasteiger partial charge in [-0.2, -0.15) is 0 Å². The molecule has 0 bridgehead atoms. The van der Waals surface area contributed by atoms with Gasteiger partial charge in [0.2, 0.25) is 5.91 Å². The van der Waals surface area contributed by atoms with Crippen molar-refractivity contribution in [3.8, 4) is 0 Å². The van der Waals surface area contributed by atoms with Gasteiger partial charge in [-0.3, -0.25) is 4.79 Å². The molecule has 0 aliphatic carbocycles. The zero-order chi connectivity index (χ0) is 16.1. The molecule has 1 atom stereocenters. The highest BCUT2D eigenvalue weighted by molar-refractivity contribution is 6.35. The zero-order valence-corrected chi connectivity index (χ0v) is 14.0. The van der Waals surface area contributed by atoms with E-state index in [1.807, 2.05) is 36.4 Å². The van der Waals surface area contributed by atoms with Crippen molar-refractivity contribution in [1.29, 1.82) is 0 Å². The largest absolute Gasteiger partial charge is 0.378 e. The third-order valence-corrected chi connectivity index (χ3v) is 3.85. The van der Waals surface area contributed by atoms with Crippen LogP contribution in [-0.4, -0.2) is 5.91 Å². The predicted octanol–water partition coefficient (Wildman–Crippen LogP) is 5.52. The van der Waals surface area contributed by atoms with Crippen LogP contribution in [0.3, 0.4) is 0 Å². The molecule has 3 nitrogen and oxygen atoms in total. The highest BCUT2D eigenvalue weighted by atomic mass is 35.5. The summed E-state index contributed by atoms with van der Waals surface area (Å²) in [4.78, 5) is 11.0. The Morgan fingerprint density at radius 2 is 1.73 bits per heavy atom. The number of benzene rings is 2. The molecule has 22 heavy (non-hydrogen) atoms. The Balaban J connectivity index is 2.14. The van der Waals surface area contributed by atoms with Crippen LogP contribution in [0, 0.1) is 0 Å². The van der Waals surface area contributed by atoms with Crippen molar-refractivity contribution in [2.75, 3.05) is 10.6 Å². The number of halogens is 2. The smallest absolute Gasteiger partial charge is 0.221 e. The van der Waals surface area contributed by atoms with Gasteiger partial charge in [0.05, 0.1) is 6.04 Å². The Hall–Kier alpha value is -1.71. The van der Waals surface area contributed by atoms with Crippen molar-refractivity contribution in [2.24, 2.45) is 0 Å². The number of carbonyl (C=O) groups excluding carboxylic acids is 1. The number of carbonyl (C=O) groups is 1. The van der Waals surface area contributed by atoms with Crippen LogP contribution in [0.5, 0.6) is 0 Å². The van der Waals surface area contributed by atoms with Gasteiger partial charge in [-0.15, -0.1) is 0 Å². The van der Waals surface area contributed by atoms with Crippen molar-refractivity contribution in [2.45, 2.75) is 26.3 Å². The van der Waals surface area contributed by atoms with Crippen molar-refractivity contribution in [3.05, 3.63) is 58.1 Å². The van der Waals surface area contributed by atoms with Crippen LogP contribution in [-0.2, 0) is 4.79 Å². The number of anilines is 2. The lowest BCUT2D eigenvalue weighted by atomic mass is 10.0. The van der Waals surface area contributed by atoms with E-state index in [0.717, 1.165) is 23.4 Å². The molecule has 0 aliphatic rings. The lowest BCUT2D eigenvalue weighted by molar-refractivity contribution is -0.114. The average Bonchev–Trinajstić information content (AvgIpc) is 2.46. The van der Waals surface area contributed by atoms with E-state index in [9.17, 15) is 4.79 Å². The van der Waals surface area contributed by atoms with Gasteiger partial charge in [0.1, 0.15) is 0 Å². The molecule has 0 heterocycles. The van der Waals surface area contributed by atoms with Gasteiger partial charge >= 0.3 is 0 Å². The molecule has 0 radical (unpaired) electrons. The van der Waals surface area contributed by atoms with Gasteiger partial charge in [0.15, 0.2) is 0 Å². The molecule has 2 aromatic rings. The Morgan fingerprint density at radius 3 is 2.27 bits per heavy atom. The summed E-state index contributed by atoms with van der Waals surface area (Å²) in [5.41, 5.74) is 2.75. The van der Waals surface area contributed by atoms with E-state index >= 15 is 0 Å². The summed E-state index contributed by atoms with van der Waals surface area (Å²) in [6, 6.07) is 13.2. The van der Waals surface area contributed by atoms with Gasteiger partial charge in [0, 0.05) is 28.3 Å². The summed E-state index contributed by atoms with van der Waals surface area (Å²) in [7, 11) is 0. The van der Waals surface area contributed by atoms with Crippen LogP contribution in [0.4, 0.5) is 11.4 Å². The molecular weight excluding hydrogens is 319 g/mol. The van der Waals surface area contributed by atoms with E-state index in [1.165, 1.54) is 6.92 Å². The maximum absolute atomic E-state index is 11.0. The lowest BCUT2D eigenvalue weighted by Gasteiger charge is -2.20. The minimum Gasteiger partial charge on any atom is -0.378 e. The first kappa shape index (κ1) is 16.7. The fourth-order valence-corrected chi connectivity index (χ4v) is 2.78. The van der Waals surface area contributed by atoms with E-state index in [1.54, 1.807) is 6.07 Å². The second-order valence-electron chi connectivity index (χ2n) is 5.03. The second kappa shape index (κ2) is 7.52. The number of nitrogens with one attached hydrogen (secondary N) is 2. The molecule has 1 unspecified atom stereocenters. The first-order valence-corrected chi connectivity index (χ1v) is 7.84.